The van der Waals surface area contributed by atoms with Gasteiger partial charge >= 0.3 is 0 Å². The first-order valence-electron chi connectivity index (χ1n) is 10.4. The zero-order valence-corrected chi connectivity index (χ0v) is 15.9. The predicted octanol–water partition coefficient (Wildman–Crippen LogP) is 4.92. The lowest BCUT2D eigenvalue weighted by molar-refractivity contribution is 0.118. The zero-order valence-electron chi connectivity index (χ0n) is 15.9. The van der Waals surface area contributed by atoms with E-state index in [4.69, 9.17) is 5.73 Å². The number of benzene rings is 1. The Morgan fingerprint density at radius 2 is 1.68 bits per heavy atom. The van der Waals surface area contributed by atoms with Crippen molar-refractivity contribution in [2.75, 3.05) is 13.1 Å². The highest BCUT2D eigenvalue weighted by Crippen LogP contribution is 2.33. The maximum atomic E-state index is 6.55. The van der Waals surface area contributed by atoms with Crippen LogP contribution in [0, 0.1) is 0 Å². The summed E-state index contributed by atoms with van der Waals surface area (Å²) in [5.41, 5.74) is 12.6. The molecular formula is C23H34N2. The Bertz CT molecular complexity index is 608. The van der Waals surface area contributed by atoms with E-state index in [0.29, 0.717) is 0 Å². The predicted molar refractivity (Wildman–Crippen MR) is 107 cm³/mol. The molecule has 136 valence electrons. The topological polar surface area (TPSA) is 29.3 Å². The molecule has 2 nitrogen and oxygen atoms in total. The van der Waals surface area contributed by atoms with Crippen LogP contribution in [-0.4, -0.2) is 29.6 Å². The zero-order chi connectivity index (χ0) is 17.3. The Balaban J connectivity index is 1.39. The summed E-state index contributed by atoms with van der Waals surface area (Å²) in [6, 6.07) is 10.2. The molecule has 0 amide bonds. The van der Waals surface area contributed by atoms with Gasteiger partial charge in [0.1, 0.15) is 0 Å². The van der Waals surface area contributed by atoms with Crippen LogP contribution in [0.1, 0.15) is 75.8 Å². The van der Waals surface area contributed by atoms with Gasteiger partial charge in [-0.1, -0.05) is 49.1 Å². The van der Waals surface area contributed by atoms with Crippen molar-refractivity contribution in [1.82, 2.24) is 4.90 Å². The number of allylic oxidation sites excluding steroid dienone is 1. The highest BCUT2D eigenvalue weighted by Gasteiger charge is 2.29. The summed E-state index contributed by atoms with van der Waals surface area (Å²) in [5.74, 6) is 0. The van der Waals surface area contributed by atoms with E-state index in [9.17, 15) is 0 Å². The van der Waals surface area contributed by atoms with Crippen LogP contribution in [0.25, 0.3) is 5.57 Å². The Labute approximate surface area is 153 Å². The molecule has 25 heavy (non-hydrogen) atoms. The summed E-state index contributed by atoms with van der Waals surface area (Å²) in [6.07, 6.45) is 12.9. The molecule has 3 aliphatic rings. The second-order valence-corrected chi connectivity index (χ2v) is 8.79. The van der Waals surface area contributed by atoms with Crippen molar-refractivity contribution in [3.63, 3.8) is 0 Å². The molecule has 0 unspecified atom stereocenters. The number of likely N-dealkylation sites (tertiary alicyclic amines) is 1. The van der Waals surface area contributed by atoms with E-state index in [-0.39, 0.29) is 5.54 Å². The van der Waals surface area contributed by atoms with Crippen LogP contribution in [0.4, 0.5) is 0 Å². The Hall–Kier alpha value is -1.12. The Morgan fingerprint density at radius 3 is 2.24 bits per heavy atom. The summed E-state index contributed by atoms with van der Waals surface area (Å²) in [5, 5.41) is 0. The second kappa shape index (κ2) is 7.25. The number of nitrogens with two attached hydrogens (primary N) is 1. The van der Waals surface area contributed by atoms with Crippen molar-refractivity contribution in [2.45, 2.75) is 82.7 Å². The van der Waals surface area contributed by atoms with Crippen molar-refractivity contribution in [2.24, 2.45) is 5.73 Å². The second-order valence-electron chi connectivity index (χ2n) is 8.79. The molecule has 0 atom stereocenters. The lowest BCUT2D eigenvalue weighted by Gasteiger charge is -2.40. The van der Waals surface area contributed by atoms with E-state index >= 15 is 0 Å². The van der Waals surface area contributed by atoms with E-state index < -0.39 is 0 Å². The van der Waals surface area contributed by atoms with Crippen molar-refractivity contribution < 1.29 is 0 Å². The highest BCUT2D eigenvalue weighted by atomic mass is 15.2. The SMILES string of the molecule is CC(=C1CCN(C2CCC2)CC1)c1ccc(CC2(N)CCCC2)cc1. The van der Waals surface area contributed by atoms with Gasteiger partial charge in [0.15, 0.2) is 0 Å². The van der Waals surface area contributed by atoms with Crippen molar-refractivity contribution in [3.8, 4) is 0 Å². The number of rotatable bonds is 4. The molecule has 0 bridgehead atoms. The lowest BCUT2D eigenvalue weighted by Crippen LogP contribution is -2.43. The summed E-state index contributed by atoms with van der Waals surface area (Å²) in [4.78, 5) is 2.73. The smallest absolute Gasteiger partial charge is 0.0195 e. The van der Waals surface area contributed by atoms with E-state index in [0.717, 1.165) is 12.5 Å². The molecule has 1 aromatic carbocycles. The molecule has 2 saturated carbocycles. The molecule has 3 fully saturated rings. The van der Waals surface area contributed by atoms with Gasteiger partial charge in [0, 0.05) is 24.7 Å². The van der Waals surface area contributed by atoms with Gasteiger partial charge in [0.05, 0.1) is 0 Å². The van der Waals surface area contributed by atoms with Gasteiger partial charge in [-0.15, -0.1) is 0 Å². The molecule has 1 saturated heterocycles. The number of piperidine rings is 1. The summed E-state index contributed by atoms with van der Waals surface area (Å²) >= 11 is 0. The number of nitrogens with zero attached hydrogens (tertiary/aromatic N) is 1. The fourth-order valence-corrected chi connectivity index (χ4v) is 5.03. The first kappa shape index (κ1) is 17.3. The van der Waals surface area contributed by atoms with E-state index in [2.05, 4.69) is 36.1 Å². The average molecular weight is 339 g/mol. The standard InChI is InChI=1S/C23H34N2/c1-18(21-11-15-25(16-12-21)22-5-4-6-22)20-9-7-19(8-10-20)17-23(24)13-2-3-14-23/h7-10,22H,2-6,11-17,24H2,1H3. The summed E-state index contributed by atoms with van der Waals surface area (Å²) in [7, 11) is 0. The van der Waals surface area contributed by atoms with E-state index in [1.165, 1.54) is 87.6 Å². The minimum absolute atomic E-state index is 0.0589. The highest BCUT2D eigenvalue weighted by molar-refractivity contribution is 5.67. The third-order valence-electron chi connectivity index (χ3n) is 7.07. The molecule has 1 aromatic rings. The van der Waals surface area contributed by atoms with Crippen LogP contribution in [0.15, 0.2) is 29.8 Å². The van der Waals surface area contributed by atoms with Crippen LogP contribution < -0.4 is 5.73 Å². The molecule has 2 heteroatoms. The fraction of sp³-hybridized carbons (Fsp3) is 0.652. The third kappa shape index (κ3) is 3.85. The van der Waals surface area contributed by atoms with E-state index in [1.807, 2.05) is 0 Å². The minimum atomic E-state index is 0.0589. The maximum Gasteiger partial charge on any atom is 0.0195 e. The molecule has 0 spiro atoms. The van der Waals surface area contributed by atoms with Gasteiger partial charge in [-0.3, -0.25) is 4.90 Å². The molecule has 2 aliphatic carbocycles. The maximum absolute atomic E-state index is 6.55. The van der Waals surface area contributed by atoms with Crippen molar-refractivity contribution >= 4 is 5.57 Å². The lowest BCUT2D eigenvalue weighted by atomic mass is 9.87. The molecular weight excluding hydrogens is 304 g/mol. The van der Waals surface area contributed by atoms with Gasteiger partial charge < -0.3 is 5.73 Å². The van der Waals surface area contributed by atoms with Crippen molar-refractivity contribution in [3.05, 3.63) is 41.0 Å². The Morgan fingerprint density at radius 1 is 1.04 bits per heavy atom. The molecule has 1 aliphatic heterocycles. The van der Waals surface area contributed by atoms with Gasteiger partial charge in [-0.05, 0) is 68.6 Å². The number of hydrogen-bond donors (Lipinski definition) is 1. The average Bonchev–Trinajstić information content (AvgIpc) is 3.00. The fourth-order valence-electron chi connectivity index (χ4n) is 5.03. The van der Waals surface area contributed by atoms with Gasteiger partial charge in [-0.2, -0.15) is 0 Å². The quantitative estimate of drug-likeness (QED) is 0.844. The number of hydrogen-bond acceptors (Lipinski definition) is 2. The van der Waals surface area contributed by atoms with Crippen molar-refractivity contribution in [1.29, 1.82) is 0 Å². The van der Waals surface area contributed by atoms with Gasteiger partial charge in [-0.25, -0.2) is 0 Å². The molecule has 1 heterocycles. The van der Waals surface area contributed by atoms with E-state index in [1.54, 1.807) is 5.57 Å². The van der Waals surface area contributed by atoms with Gasteiger partial charge in [0.2, 0.25) is 0 Å². The minimum Gasteiger partial charge on any atom is -0.325 e. The first-order valence-corrected chi connectivity index (χ1v) is 10.4. The van der Waals surface area contributed by atoms with Crippen LogP contribution in [0.3, 0.4) is 0 Å². The molecule has 0 radical (unpaired) electrons. The largest absolute Gasteiger partial charge is 0.325 e. The van der Waals surface area contributed by atoms with Gasteiger partial charge in [0.25, 0.3) is 0 Å². The normalized spacial score (nSPS) is 24.3. The third-order valence-corrected chi connectivity index (χ3v) is 7.07. The van der Waals surface area contributed by atoms with Crippen LogP contribution in [0.2, 0.25) is 0 Å². The van der Waals surface area contributed by atoms with Crippen LogP contribution in [-0.2, 0) is 6.42 Å². The van der Waals surface area contributed by atoms with Crippen LogP contribution >= 0.6 is 0 Å². The van der Waals surface area contributed by atoms with Crippen LogP contribution in [0.5, 0.6) is 0 Å². The molecule has 0 aromatic heterocycles. The monoisotopic (exact) mass is 338 g/mol. The first-order chi connectivity index (χ1) is 12.1. The molecule has 4 rings (SSSR count). The summed E-state index contributed by atoms with van der Waals surface area (Å²) in [6.45, 7) is 4.86. The summed E-state index contributed by atoms with van der Waals surface area (Å²) < 4.78 is 0. The molecule has 2 N–H and O–H groups in total. The Kier molecular flexibility index (Phi) is 5.01.